The zero-order valence-corrected chi connectivity index (χ0v) is 35.4. The molecule has 0 radical (unpaired) electrons. The smallest absolute Gasteiger partial charge is 0.0632 e. The van der Waals surface area contributed by atoms with E-state index in [2.05, 4.69) is 219 Å². The van der Waals surface area contributed by atoms with E-state index in [0.717, 1.165) is 0 Å². The van der Waals surface area contributed by atoms with Crippen LogP contribution in [-0.2, 0) is 10.8 Å². The number of allylic oxidation sites excluding steroid dienone is 4. The molecule has 2 aromatic heterocycles. The first-order chi connectivity index (χ1) is 30.3. The molecule has 0 saturated heterocycles. The molecule has 3 aliphatic carbocycles. The minimum absolute atomic E-state index is 0.00104. The van der Waals surface area contributed by atoms with Crippen LogP contribution in [0.3, 0.4) is 0 Å². The Kier molecular flexibility index (Phi) is 6.58. The van der Waals surface area contributed by atoms with E-state index in [0.29, 0.717) is 11.8 Å². The lowest BCUT2D eigenvalue weighted by atomic mass is 9.74. The maximum Gasteiger partial charge on any atom is 0.0632 e. The first-order valence-corrected chi connectivity index (χ1v) is 22.3. The van der Waals surface area contributed by atoms with Gasteiger partial charge < -0.3 is 9.13 Å². The molecular weight excluding hydrogens is 749 g/mol. The van der Waals surface area contributed by atoms with Gasteiger partial charge in [-0.1, -0.05) is 173 Å². The van der Waals surface area contributed by atoms with Gasteiger partial charge in [0.15, 0.2) is 0 Å². The minimum Gasteiger partial charge on any atom is -0.309 e. The van der Waals surface area contributed by atoms with Crippen molar-refractivity contribution < 1.29 is 0 Å². The van der Waals surface area contributed by atoms with Crippen molar-refractivity contribution in [2.45, 2.75) is 44.4 Å². The van der Waals surface area contributed by atoms with E-state index in [1.807, 2.05) is 0 Å². The molecular formula is C60H44N2. The maximum absolute atomic E-state index is 2.61. The molecule has 2 heteroatoms. The van der Waals surface area contributed by atoms with Gasteiger partial charge in [-0.3, -0.25) is 0 Å². The number of benzene rings is 9. The zero-order valence-electron chi connectivity index (χ0n) is 35.4. The highest BCUT2D eigenvalue weighted by Crippen LogP contribution is 2.55. The predicted molar refractivity (Wildman–Crippen MR) is 263 cm³/mol. The van der Waals surface area contributed by atoms with E-state index in [-0.39, 0.29) is 10.8 Å². The molecule has 2 unspecified atom stereocenters. The largest absolute Gasteiger partial charge is 0.309 e. The third kappa shape index (κ3) is 4.16. The maximum atomic E-state index is 2.61. The Bertz CT molecular complexity index is 3880. The van der Waals surface area contributed by atoms with Crippen LogP contribution in [0.4, 0.5) is 0 Å². The van der Waals surface area contributed by atoms with Gasteiger partial charge in [0.25, 0.3) is 0 Å². The predicted octanol–water partition coefficient (Wildman–Crippen LogP) is 15.8. The van der Waals surface area contributed by atoms with Crippen LogP contribution >= 0.6 is 0 Å². The molecule has 0 bridgehead atoms. The summed E-state index contributed by atoms with van der Waals surface area (Å²) < 4.78 is 5.19. The van der Waals surface area contributed by atoms with Crippen LogP contribution in [0.1, 0.15) is 55.9 Å². The van der Waals surface area contributed by atoms with Crippen LogP contribution in [0.15, 0.2) is 182 Å². The van der Waals surface area contributed by atoms with Crippen LogP contribution in [-0.4, -0.2) is 9.13 Å². The van der Waals surface area contributed by atoms with E-state index >= 15 is 0 Å². The molecule has 11 aromatic rings. The molecule has 0 saturated carbocycles. The summed E-state index contributed by atoms with van der Waals surface area (Å²) in [6.07, 6.45) is 9.32. The van der Waals surface area contributed by atoms with E-state index < -0.39 is 0 Å². The Morgan fingerprint density at radius 2 is 0.919 bits per heavy atom. The average Bonchev–Trinajstić information content (AvgIpc) is 3.98. The van der Waals surface area contributed by atoms with Crippen molar-refractivity contribution >= 4 is 75.9 Å². The summed E-state index contributed by atoms with van der Waals surface area (Å²) in [4.78, 5) is 0. The molecule has 9 aromatic carbocycles. The van der Waals surface area contributed by atoms with Crippen molar-refractivity contribution in [2.24, 2.45) is 5.92 Å². The number of para-hydroxylation sites is 2. The number of fused-ring (bicyclic) bond motifs is 21. The highest BCUT2D eigenvalue weighted by atomic mass is 15.0. The molecule has 0 amide bonds. The van der Waals surface area contributed by atoms with Gasteiger partial charge in [0, 0.05) is 60.4 Å². The second kappa shape index (κ2) is 11.8. The van der Waals surface area contributed by atoms with Gasteiger partial charge in [-0.05, 0) is 97.3 Å². The Morgan fingerprint density at radius 1 is 0.403 bits per heavy atom. The SMILES string of the molecule is CC1(C)c2ccccc2-c2ccc(-n3c4ccccc4c4c5c6ccccc6c6c7ccccc7n(-c7ccc8c(c7)C(C)(C)C7C=CC=CC87)c6c5c5ccccc5c43)cc21. The lowest BCUT2D eigenvalue weighted by molar-refractivity contribution is 0.394. The number of rotatable bonds is 2. The lowest BCUT2D eigenvalue weighted by Crippen LogP contribution is -2.24. The van der Waals surface area contributed by atoms with E-state index in [1.54, 1.807) is 0 Å². The summed E-state index contributed by atoms with van der Waals surface area (Å²) >= 11 is 0. The summed E-state index contributed by atoms with van der Waals surface area (Å²) in [5.74, 6) is 0.853. The second-order valence-corrected chi connectivity index (χ2v) is 19.2. The number of hydrogen-bond donors (Lipinski definition) is 0. The van der Waals surface area contributed by atoms with Gasteiger partial charge in [-0.15, -0.1) is 0 Å². The average molecular weight is 793 g/mol. The first-order valence-electron chi connectivity index (χ1n) is 22.3. The summed E-state index contributed by atoms with van der Waals surface area (Å²) in [7, 11) is 0. The number of nitrogens with zero attached hydrogens (tertiary/aromatic N) is 2. The Hall–Kier alpha value is -7.16. The van der Waals surface area contributed by atoms with Gasteiger partial charge in [0.1, 0.15) is 0 Å². The van der Waals surface area contributed by atoms with Crippen molar-refractivity contribution in [2.75, 3.05) is 0 Å². The highest BCUT2D eigenvalue weighted by molar-refractivity contribution is 6.44. The summed E-state index contributed by atoms with van der Waals surface area (Å²) in [5, 5.41) is 12.9. The second-order valence-electron chi connectivity index (χ2n) is 19.2. The molecule has 2 atom stereocenters. The topological polar surface area (TPSA) is 9.86 Å². The van der Waals surface area contributed by atoms with Crippen molar-refractivity contribution in [3.8, 4) is 22.5 Å². The van der Waals surface area contributed by atoms with Crippen LogP contribution < -0.4 is 0 Å². The molecule has 3 aliphatic rings. The van der Waals surface area contributed by atoms with Crippen molar-refractivity contribution in [3.05, 3.63) is 204 Å². The van der Waals surface area contributed by atoms with E-state index in [9.17, 15) is 0 Å². The normalized spacial score (nSPS) is 18.1. The summed E-state index contributed by atoms with van der Waals surface area (Å²) in [6, 6.07) is 60.2. The Balaban J connectivity index is 1.17. The monoisotopic (exact) mass is 792 g/mol. The van der Waals surface area contributed by atoms with E-state index in [4.69, 9.17) is 0 Å². The standard InChI is InChI=1S/C60H44N2/c1-59(2)47-25-13-9-17-37(47)39-31-29-35(33-49(39)59)61-52-28-16-12-24-46(52)56-54-42-20-6-5-19-41(42)53-45-23-11-15-27-51(45)62(58(53)55(54)43-21-7-8-22-44(43)57(56)61)36-30-32-40-38-18-10-14-26-48(38)60(3,4)50(40)34-36/h5-34,38,48H,1-4H3. The molecule has 2 heterocycles. The fourth-order valence-corrected chi connectivity index (χ4v) is 12.8. The zero-order chi connectivity index (χ0) is 41.2. The van der Waals surface area contributed by atoms with Gasteiger partial charge in [0.2, 0.25) is 0 Å². The molecule has 0 fully saturated rings. The van der Waals surface area contributed by atoms with Gasteiger partial charge in [-0.2, -0.15) is 0 Å². The third-order valence-corrected chi connectivity index (χ3v) is 15.5. The van der Waals surface area contributed by atoms with Crippen LogP contribution in [0.5, 0.6) is 0 Å². The number of hydrogen-bond acceptors (Lipinski definition) is 0. The number of aromatic nitrogens is 2. The van der Waals surface area contributed by atoms with Crippen molar-refractivity contribution in [1.82, 2.24) is 9.13 Å². The molecule has 62 heavy (non-hydrogen) atoms. The molecule has 0 N–H and O–H groups in total. The fraction of sp³-hybridized carbons (Fsp3) is 0.133. The molecule has 2 nitrogen and oxygen atoms in total. The summed E-state index contributed by atoms with van der Waals surface area (Å²) in [5.41, 5.74) is 15.7. The lowest BCUT2D eigenvalue weighted by Gasteiger charge is -2.29. The van der Waals surface area contributed by atoms with Gasteiger partial charge in [0.05, 0.1) is 22.1 Å². The fourth-order valence-electron chi connectivity index (χ4n) is 12.8. The van der Waals surface area contributed by atoms with Gasteiger partial charge in [-0.25, -0.2) is 0 Å². The Morgan fingerprint density at radius 3 is 1.66 bits per heavy atom. The van der Waals surface area contributed by atoms with Crippen molar-refractivity contribution in [3.63, 3.8) is 0 Å². The quantitative estimate of drug-likeness (QED) is 0.154. The van der Waals surface area contributed by atoms with E-state index in [1.165, 1.54) is 121 Å². The highest BCUT2D eigenvalue weighted by Gasteiger charge is 2.44. The van der Waals surface area contributed by atoms with Crippen molar-refractivity contribution in [1.29, 1.82) is 0 Å². The first kappa shape index (κ1) is 34.5. The van der Waals surface area contributed by atoms with Crippen LogP contribution in [0.25, 0.3) is 98.4 Å². The van der Waals surface area contributed by atoms with Crippen LogP contribution in [0.2, 0.25) is 0 Å². The molecule has 0 spiro atoms. The molecule has 294 valence electrons. The van der Waals surface area contributed by atoms with Crippen LogP contribution in [0, 0.1) is 5.92 Å². The molecule has 0 aliphatic heterocycles. The minimum atomic E-state index is -0.108. The third-order valence-electron chi connectivity index (χ3n) is 15.5. The van der Waals surface area contributed by atoms with Gasteiger partial charge >= 0.3 is 0 Å². The summed E-state index contributed by atoms with van der Waals surface area (Å²) in [6.45, 7) is 9.66. The Labute approximate surface area is 360 Å². The molecule has 14 rings (SSSR count).